The normalized spacial score (nSPS) is 30.5. The summed E-state index contributed by atoms with van der Waals surface area (Å²) in [4.78, 5) is 17.9. The number of nitrogens with zero attached hydrogens (tertiary/aromatic N) is 2. The average Bonchev–Trinajstić information content (AvgIpc) is 3.29. The van der Waals surface area contributed by atoms with Gasteiger partial charge in [0.1, 0.15) is 6.54 Å². The maximum absolute atomic E-state index is 11.9. The first-order valence-corrected chi connectivity index (χ1v) is 9.48. The minimum atomic E-state index is -0.510. The monoisotopic (exact) mass is 352 g/mol. The number of aliphatic imine (C=N–C) groups is 1. The van der Waals surface area contributed by atoms with Crippen molar-refractivity contribution in [2.45, 2.75) is 50.9 Å². The van der Waals surface area contributed by atoms with Crippen LogP contribution in [0, 0.1) is 11.8 Å². The van der Waals surface area contributed by atoms with Gasteiger partial charge in [-0.15, -0.1) is 0 Å². The predicted molar refractivity (Wildman–Crippen MR) is 96.3 cm³/mol. The molecular weight excluding hydrogens is 320 g/mol. The first-order chi connectivity index (χ1) is 12.0. The van der Waals surface area contributed by atoms with Crippen molar-refractivity contribution in [3.8, 4) is 0 Å². The van der Waals surface area contributed by atoms with Crippen LogP contribution in [0.5, 0.6) is 0 Å². The van der Waals surface area contributed by atoms with Gasteiger partial charge in [-0.2, -0.15) is 0 Å². The number of hydrogen-bond acceptors (Lipinski definition) is 4. The molecule has 2 bridgehead atoms. The Morgan fingerprint density at radius 1 is 1.24 bits per heavy atom. The second-order valence-corrected chi connectivity index (χ2v) is 7.89. The van der Waals surface area contributed by atoms with Crippen LogP contribution in [0.3, 0.4) is 0 Å². The fourth-order valence-corrected chi connectivity index (χ4v) is 4.15. The van der Waals surface area contributed by atoms with Crippen LogP contribution in [0.1, 0.15) is 39.0 Å². The summed E-state index contributed by atoms with van der Waals surface area (Å²) in [5, 5.41) is 6.93. The number of carbonyl (C=O) groups excluding carboxylic acids is 1. The number of rotatable bonds is 6. The molecule has 3 atom stereocenters. The average molecular weight is 352 g/mol. The molecule has 3 rings (SSSR count). The molecule has 0 radical (unpaired) electrons. The molecule has 2 saturated carbocycles. The van der Waals surface area contributed by atoms with Gasteiger partial charge >= 0.3 is 0 Å². The van der Waals surface area contributed by atoms with Gasteiger partial charge in [0.2, 0.25) is 5.91 Å². The van der Waals surface area contributed by atoms with Crippen LogP contribution in [0.2, 0.25) is 0 Å². The summed E-state index contributed by atoms with van der Waals surface area (Å²) >= 11 is 0. The molecule has 142 valence electrons. The molecule has 2 aliphatic carbocycles. The third-order valence-corrected chi connectivity index (χ3v) is 5.70. The lowest BCUT2D eigenvalue weighted by Gasteiger charge is -2.27. The second-order valence-electron chi connectivity index (χ2n) is 7.89. The van der Waals surface area contributed by atoms with Gasteiger partial charge < -0.3 is 25.0 Å². The number of ether oxygens (including phenoxy) is 2. The van der Waals surface area contributed by atoms with Crippen LogP contribution in [-0.2, 0) is 14.3 Å². The van der Waals surface area contributed by atoms with Gasteiger partial charge in [0, 0.05) is 33.1 Å². The zero-order chi connectivity index (χ0) is 17.9. The summed E-state index contributed by atoms with van der Waals surface area (Å²) in [5.41, 5.74) is 0. The van der Waals surface area contributed by atoms with Crippen LogP contribution in [0.4, 0.5) is 0 Å². The van der Waals surface area contributed by atoms with Gasteiger partial charge in [0.25, 0.3) is 0 Å². The standard InChI is InChI=1S/C18H32N4O3/c1-18(24-8-9-25-18)6-7-19-17(20-12-16(23)22(2)3)21-15-11-13-4-5-14(15)10-13/h13-15H,4-12H2,1-3H3,(H2,19,20,21). The van der Waals surface area contributed by atoms with E-state index in [9.17, 15) is 4.79 Å². The Morgan fingerprint density at radius 2 is 2.00 bits per heavy atom. The number of amides is 1. The Kier molecular flexibility index (Phi) is 5.84. The maximum Gasteiger partial charge on any atom is 0.243 e. The highest BCUT2D eigenvalue weighted by Crippen LogP contribution is 2.44. The third kappa shape index (κ3) is 4.85. The van der Waals surface area contributed by atoms with Crippen molar-refractivity contribution in [2.75, 3.05) is 40.4 Å². The van der Waals surface area contributed by atoms with Gasteiger partial charge in [-0.3, -0.25) is 4.79 Å². The summed E-state index contributed by atoms with van der Waals surface area (Å²) < 4.78 is 11.3. The van der Waals surface area contributed by atoms with Gasteiger partial charge in [0.05, 0.1) is 13.2 Å². The molecular formula is C18H32N4O3. The highest BCUT2D eigenvalue weighted by molar-refractivity contribution is 5.85. The van der Waals surface area contributed by atoms with E-state index in [-0.39, 0.29) is 12.5 Å². The van der Waals surface area contributed by atoms with E-state index >= 15 is 0 Å². The highest BCUT2D eigenvalue weighted by Gasteiger charge is 2.40. The molecule has 1 aliphatic heterocycles. The lowest BCUT2D eigenvalue weighted by Crippen LogP contribution is -2.47. The summed E-state index contributed by atoms with van der Waals surface area (Å²) in [7, 11) is 3.51. The largest absolute Gasteiger partial charge is 0.356 e. The number of hydrogen-bond donors (Lipinski definition) is 2. The molecule has 0 spiro atoms. The Labute approximate surface area is 150 Å². The first-order valence-electron chi connectivity index (χ1n) is 9.48. The molecule has 3 unspecified atom stereocenters. The fourth-order valence-electron chi connectivity index (χ4n) is 4.15. The molecule has 0 aromatic rings. The molecule has 1 saturated heterocycles. The molecule has 0 aromatic carbocycles. The number of guanidine groups is 1. The van der Waals surface area contributed by atoms with Crippen LogP contribution < -0.4 is 10.6 Å². The fraction of sp³-hybridized carbons (Fsp3) is 0.889. The van der Waals surface area contributed by atoms with E-state index < -0.39 is 5.79 Å². The number of carbonyl (C=O) groups is 1. The zero-order valence-electron chi connectivity index (χ0n) is 15.7. The van der Waals surface area contributed by atoms with Crippen molar-refractivity contribution in [2.24, 2.45) is 16.8 Å². The van der Waals surface area contributed by atoms with Crippen molar-refractivity contribution in [1.29, 1.82) is 0 Å². The van der Waals surface area contributed by atoms with Crippen molar-refractivity contribution in [3.05, 3.63) is 0 Å². The lowest BCUT2D eigenvalue weighted by atomic mass is 9.95. The van der Waals surface area contributed by atoms with Gasteiger partial charge in [-0.05, 0) is 38.0 Å². The van der Waals surface area contributed by atoms with E-state index in [4.69, 9.17) is 9.47 Å². The van der Waals surface area contributed by atoms with Crippen molar-refractivity contribution in [1.82, 2.24) is 15.5 Å². The van der Waals surface area contributed by atoms with Crippen molar-refractivity contribution < 1.29 is 14.3 Å². The first kappa shape index (κ1) is 18.5. The predicted octanol–water partition coefficient (Wildman–Crippen LogP) is 0.952. The van der Waals surface area contributed by atoms with Crippen LogP contribution in [-0.4, -0.2) is 69.0 Å². The van der Waals surface area contributed by atoms with Gasteiger partial charge in [0.15, 0.2) is 11.7 Å². The van der Waals surface area contributed by atoms with Crippen LogP contribution in [0.25, 0.3) is 0 Å². The molecule has 7 nitrogen and oxygen atoms in total. The summed E-state index contributed by atoms with van der Waals surface area (Å²) in [6.07, 6.45) is 5.98. The number of fused-ring (bicyclic) bond motifs is 2. The Bertz CT molecular complexity index is 503. The van der Waals surface area contributed by atoms with Crippen LogP contribution in [0.15, 0.2) is 4.99 Å². The Hall–Kier alpha value is -1.34. The minimum Gasteiger partial charge on any atom is -0.356 e. The summed E-state index contributed by atoms with van der Waals surface area (Å²) in [6, 6.07) is 0.481. The van der Waals surface area contributed by atoms with E-state index in [1.54, 1.807) is 19.0 Å². The maximum atomic E-state index is 11.9. The van der Waals surface area contributed by atoms with Crippen LogP contribution >= 0.6 is 0 Å². The second kappa shape index (κ2) is 7.91. The summed E-state index contributed by atoms with van der Waals surface area (Å²) in [5.74, 6) is 1.84. The number of likely N-dealkylation sites (N-methyl/N-ethyl adjacent to an activating group) is 1. The SMILES string of the molecule is CN(C)C(=O)CN=C(NCCC1(C)OCCO1)NC1CC2CCC1C2. The quantitative estimate of drug-likeness (QED) is 0.550. The van der Waals surface area contributed by atoms with Crippen molar-refractivity contribution in [3.63, 3.8) is 0 Å². The molecule has 0 aromatic heterocycles. The molecule has 1 amide bonds. The lowest BCUT2D eigenvalue weighted by molar-refractivity contribution is -0.145. The van der Waals surface area contributed by atoms with E-state index in [1.165, 1.54) is 25.7 Å². The summed E-state index contributed by atoms with van der Waals surface area (Å²) in [6.45, 7) is 4.13. The molecule has 25 heavy (non-hydrogen) atoms. The molecule has 3 aliphatic rings. The van der Waals surface area contributed by atoms with E-state index in [2.05, 4.69) is 15.6 Å². The Balaban J connectivity index is 1.53. The van der Waals surface area contributed by atoms with E-state index in [0.717, 1.165) is 24.2 Å². The molecule has 3 fully saturated rings. The van der Waals surface area contributed by atoms with E-state index in [1.807, 2.05) is 6.92 Å². The molecule has 7 heteroatoms. The highest BCUT2D eigenvalue weighted by atomic mass is 16.7. The minimum absolute atomic E-state index is 0.00321. The van der Waals surface area contributed by atoms with Gasteiger partial charge in [-0.1, -0.05) is 6.42 Å². The smallest absolute Gasteiger partial charge is 0.243 e. The molecule has 1 heterocycles. The number of nitrogens with one attached hydrogen (secondary N) is 2. The zero-order valence-corrected chi connectivity index (χ0v) is 15.7. The third-order valence-electron chi connectivity index (χ3n) is 5.70. The van der Waals surface area contributed by atoms with Crippen molar-refractivity contribution >= 4 is 11.9 Å². The molecule has 2 N–H and O–H groups in total. The Morgan fingerprint density at radius 3 is 2.60 bits per heavy atom. The van der Waals surface area contributed by atoms with Gasteiger partial charge in [-0.25, -0.2) is 4.99 Å². The topological polar surface area (TPSA) is 75.2 Å². The van der Waals surface area contributed by atoms with E-state index in [0.29, 0.717) is 25.8 Å².